The summed E-state index contributed by atoms with van der Waals surface area (Å²) in [7, 11) is 0. The lowest BCUT2D eigenvalue weighted by Gasteiger charge is -2.21. The van der Waals surface area contributed by atoms with E-state index in [1.807, 2.05) is 13.8 Å². The third-order valence-electron chi connectivity index (χ3n) is 2.36. The van der Waals surface area contributed by atoms with Gasteiger partial charge in [-0.15, -0.1) is 0 Å². The molecule has 1 saturated carbocycles. The van der Waals surface area contributed by atoms with Crippen molar-refractivity contribution in [1.82, 2.24) is 10.6 Å². The number of rotatable bonds is 5. The molecule has 1 atom stereocenters. The molecule has 7 nitrogen and oxygen atoms in total. The van der Waals surface area contributed by atoms with E-state index in [1.54, 1.807) is 20.8 Å². The molecule has 2 N–H and O–H groups in total. The van der Waals surface area contributed by atoms with Crippen LogP contribution in [0, 0.1) is 0 Å². The van der Waals surface area contributed by atoms with Crippen LogP contribution in [0.2, 0.25) is 0 Å². The van der Waals surface area contributed by atoms with Crippen molar-refractivity contribution < 1.29 is 23.9 Å². The molecular weight excluding hydrogens is 324 g/mol. The second-order valence-corrected chi connectivity index (χ2v) is 6.47. The maximum Gasteiger partial charge on any atom is 0.407 e. The molecule has 25 heavy (non-hydrogen) atoms. The van der Waals surface area contributed by atoms with E-state index >= 15 is 0 Å². The van der Waals surface area contributed by atoms with Gasteiger partial charge >= 0.3 is 12.1 Å². The predicted octanol–water partition coefficient (Wildman–Crippen LogP) is 3.16. The third kappa shape index (κ3) is 16.8. The molecule has 0 aromatic heterocycles. The minimum absolute atomic E-state index is 0.118. The van der Waals surface area contributed by atoms with Gasteiger partial charge in [0.1, 0.15) is 5.60 Å². The molecule has 148 valence electrons. The van der Waals surface area contributed by atoms with Crippen LogP contribution in [0.15, 0.2) is 0 Å². The highest BCUT2D eigenvalue weighted by Gasteiger charge is 2.29. The molecule has 0 spiro atoms. The van der Waals surface area contributed by atoms with Crippen LogP contribution < -0.4 is 10.6 Å². The van der Waals surface area contributed by atoms with E-state index in [9.17, 15) is 14.4 Å². The van der Waals surface area contributed by atoms with Crippen LogP contribution in [0.3, 0.4) is 0 Å². The molecule has 0 aromatic rings. The average Bonchev–Trinajstić information content (AvgIpc) is 3.28. The summed E-state index contributed by atoms with van der Waals surface area (Å²) in [6.07, 6.45) is 1.41. The molecule has 0 saturated heterocycles. The zero-order valence-electron chi connectivity index (χ0n) is 17.0. The number of ether oxygens (including phenoxy) is 2. The summed E-state index contributed by atoms with van der Waals surface area (Å²) in [4.78, 5) is 34.3. The van der Waals surface area contributed by atoms with Gasteiger partial charge in [-0.3, -0.25) is 9.59 Å². The lowest BCUT2D eigenvalue weighted by Crippen LogP contribution is -2.46. The summed E-state index contributed by atoms with van der Waals surface area (Å²) < 4.78 is 9.94. The van der Waals surface area contributed by atoms with E-state index < -0.39 is 29.7 Å². The zero-order valence-corrected chi connectivity index (χ0v) is 17.0. The Kier molecular flexibility index (Phi) is 13.7. The lowest BCUT2D eigenvalue weighted by molar-refractivity contribution is -0.153. The first-order valence-electron chi connectivity index (χ1n) is 9.03. The van der Waals surface area contributed by atoms with Crippen LogP contribution in [0.1, 0.15) is 74.7 Å². The van der Waals surface area contributed by atoms with Gasteiger partial charge in [-0.05, 0) is 33.6 Å². The molecule has 0 heterocycles. The Morgan fingerprint density at radius 1 is 1.12 bits per heavy atom. The SMILES string of the molecule is CC.CC(=O)OC(CNC(=O)OC(C)(C)C)C(=O)NC1CC1.CCC. The van der Waals surface area contributed by atoms with Crippen molar-refractivity contribution in [2.75, 3.05) is 6.54 Å². The Morgan fingerprint density at radius 2 is 1.60 bits per heavy atom. The Bertz CT molecular complexity index is 401. The standard InChI is InChI=1S/C13H22N2O5.C3H8.C2H6/c1-8(16)19-10(11(17)15-9-5-6-9)7-14-12(18)20-13(2,3)4;1-3-2;1-2/h9-10H,5-7H2,1-4H3,(H,14,18)(H,15,17);3H2,1-2H3;1-2H3. The second kappa shape index (κ2) is 13.5. The molecular formula is C18H36N2O5. The van der Waals surface area contributed by atoms with E-state index in [0.29, 0.717) is 0 Å². The number of hydrogen-bond acceptors (Lipinski definition) is 5. The number of nitrogens with one attached hydrogen (secondary N) is 2. The fourth-order valence-corrected chi connectivity index (χ4v) is 1.40. The lowest BCUT2D eigenvalue weighted by atomic mass is 10.2. The van der Waals surface area contributed by atoms with Gasteiger partial charge in [-0.1, -0.05) is 34.1 Å². The molecule has 2 amide bonds. The van der Waals surface area contributed by atoms with Gasteiger partial charge < -0.3 is 20.1 Å². The summed E-state index contributed by atoms with van der Waals surface area (Å²) in [5.74, 6) is -0.981. The largest absolute Gasteiger partial charge is 0.451 e. The molecule has 1 rings (SSSR count). The second-order valence-electron chi connectivity index (χ2n) is 6.47. The fraction of sp³-hybridized carbons (Fsp3) is 0.833. The van der Waals surface area contributed by atoms with Gasteiger partial charge in [0, 0.05) is 13.0 Å². The first-order chi connectivity index (χ1) is 11.6. The van der Waals surface area contributed by atoms with E-state index in [0.717, 1.165) is 12.8 Å². The van der Waals surface area contributed by atoms with Gasteiger partial charge in [-0.2, -0.15) is 0 Å². The summed E-state index contributed by atoms with van der Waals surface area (Å²) in [6.45, 7) is 14.5. The van der Waals surface area contributed by atoms with E-state index in [4.69, 9.17) is 9.47 Å². The number of carbonyl (C=O) groups excluding carboxylic acids is 3. The number of esters is 1. The molecule has 0 radical (unpaired) electrons. The van der Waals surface area contributed by atoms with Gasteiger partial charge in [0.15, 0.2) is 6.10 Å². The fourth-order valence-electron chi connectivity index (χ4n) is 1.40. The summed E-state index contributed by atoms with van der Waals surface area (Å²) >= 11 is 0. The monoisotopic (exact) mass is 360 g/mol. The highest BCUT2D eigenvalue weighted by molar-refractivity contribution is 5.84. The zero-order chi connectivity index (χ0) is 20.0. The number of hydrogen-bond donors (Lipinski definition) is 2. The Balaban J connectivity index is 0. The highest BCUT2D eigenvalue weighted by Crippen LogP contribution is 2.18. The van der Waals surface area contributed by atoms with Gasteiger partial charge in [0.05, 0.1) is 6.54 Å². The van der Waals surface area contributed by atoms with Gasteiger partial charge in [-0.25, -0.2) is 4.79 Å². The minimum atomic E-state index is -1.04. The van der Waals surface area contributed by atoms with Crippen molar-refractivity contribution in [3.63, 3.8) is 0 Å². The molecule has 7 heteroatoms. The van der Waals surface area contributed by atoms with Crippen molar-refractivity contribution in [3.05, 3.63) is 0 Å². The Morgan fingerprint density at radius 3 is 1.96 bits per heavy atom. The van der Waals surface area contributed by atoms with E-state index in [1.165, 1.54) is 13.3 Å². The normalized spacial score (nSPS) is 13.8. The van der Waals surface area contributed by atoms with Crippen LogP contribution >= 0.6 is 0 Å². The number of amides is 2. The van der Waals surface area contributed by atoms with Crippen molar-refractivity contribution >= 4 is 18.0 Å². The predicted molar refractivity (Wildman–Crippen MR) is 98.3 cm³/mol. The smallest absolute Gasteiger partial charge is 0.407 e. The molecule has 1 aliphatic carbocycles. The van der Waals surface area contributed by atoms with Gasteiger partial charge in [0.2, 0.25) is 0 Å². The maximum absolute atomic E-state index is 11.8. The first-order valence-corrected chi connectivity index (χ1v) is 9.03. The third-order valence-corrected chi connectivity index (χ3v) is 2.36. The topological polar surface area (TPSA) is 93.7 Å². The van der Waals surface area contributed by atoms with Crippen molar-refractivity contribution in [1.29, 1.82) is 0 Å². The van der Waals surface area contributed by atoms with Crippen LogP contribution in [-0.2, 0) is 19.1 Å². The van der Waals surface area contributed by atoms with Crippen LogP contribution in [0.25, 0.3) is 0 Å². The molecule has 1 unspecified atom stereocenters. The minimum Gasteiger partial charge on any atom is -0.451 e. The van der Waals surface area contributed by atoms with Crippen molar-refractivity contribution in [2.45, 2.75) is 92.4 Å². The molecule has 0 aromatic carbocycles. The van der Waals surface area contributed by atoms with Crippen LogP contribution in [0.4, 0.5) is 4.79 Å². The summed E-state index contributed by atoms with van der Waals surface area (Å²) in [6, 6.07) is 0.155. The van der Waals surface area contributed by atoms with E-state index in [-0.39, 0.29) is 12.6 Å². The molecule has 0 aliphatic heterocycles. The number of alkyl carbamates (subject to hydrolysis) is 1. The number of carbonyl (C=O) groups is 3. The van der Waals surface area contributed by atoms with Crippen molar-refractivity contribution in [3.8, 4) is 0 Å². The maximum atomic E-state index is 11.8. The van der Waals surface area contributed by atoms with Crippen LogP contribution in [0.5, 0.6) is 0 Å². The first kappa shape index (κ1) is 25.5. The van der Waals surface area contributed by atoms with Crippen molar-refractivity contribution in [2.24, 2.45) is 0 Å². The Hall–Kier alpha value is -1.79. The average molecular weight is 360 g/mol. The van der Waals surface area contributed by atoms with Crippen LogP contribution in [-0.4, -0.2) is 42.3 Å². The van der Waals surface area contributed by atoms with Gasteiger partial charge in [0.25, 0.3) is 5.91 Å². The highest BCUT2D eigenvalue weighted by atomic mass is 16.6. The van der Waals surface area contributed by atoms with E-state index in [2.05, 4.69) is 24.5 Å². The molecule has 0 bridgehead atoms. The molecule has 1 aliphatic rings. The summed E-state index contributed by atoms with van der Waals surface area (Å²) in [5.41, 5.74) is -0.628. The quantitative estimate of drug-likeness (QED) is 0.735. The molecule has 1 fully saturated rings. The summed E-state index contributed by atoms with van der Waals surface area (Å²) in [5, 5.41) is 5.14. The Labute approximate surface area is 152 Å².